The number of amides is 2. The van der Waals surface area contributed by atoms with E-state index in [4.69, 9.17) is 4.74 Å². The molecule has 3 aromatic heterocycles. The molecule has 17 heteroatoms. The molecule has 0 aliphatic carbocycles. The van der Waals surface area contributed by atoms with E-state index in [-0.39, 0.29) is 36.2 Å². The van der Waals surface area contributed by atoms with E-state index in [2.05, 4.69) is 94.8 Å². The number of aromatic nitrogens is 6. The monoisotopic (exact) mass is 832 g/mol. The summed E-state index contributed by atoms with van der Waals surface area (Å²) in [5.41, 5.74) is 4.78. The number of ether oxygens (including phenoxy) is 1. The lowest BCUT2D eigenvalue weighted by Crippen LogP contribution is -2.40. The van der Waals surface area contributed by atoms with Crippen LogP contribution in [0.2, 0.25) is 0 Å². The van der Waals surface area contributed by atoms with Crippen LogP contribution in [0.1, 0.15) is 45.6 Å². The van der Waals surface area contributed by atoms with Crippen molar-refractivity contribution in [2.24, 2.45) is 17.1 Å². The van der Waals surface area contributed by atoms with Crippen molar-refractivity contribution in [2.75, 3.05) is 36.4 Å². The molecule has 15 nitrogen and oxygen atoms in total. The second-order valence-electron chi connectivity index (χ2n) is 14.7. The highest BCUT2D eigenvalue weighted by molar-refractivity contribution is 7.99. The number of rotatable bonds is 18. The van der Waals surface area contributed by atoms with Gasteiger partial charge in [0.1, 0.15) is 23.5 Å². The molecule has 3 N–H and O–H groups in total. The van der Waals surface area contributed by atoms with Crippen molar-refractivity contribution in [3.8, 4) is 17.0 Å². The summed E-state index contributed by atoms with van der Waals surface area (Å²) in [6, 6.07) is 20.0. The predicted molar refractivity (Wildman–Crippen MR) is 232 cm³/mol. The number of halogens is 1. The number of benzene rings is 3. The van der Waals surface area contributed by atoms with Crippen molar-refractivity contribution in [1.82, 2.24) is 39.9 Å². The molecule has 6 aromatic rings. The number of H-pyrrole nitrogens is 1. The van der Waals surface area contributed by atoms with Gasteiger partial charge in [-0.25, -0.2) is 19.0 Å². The van der Waals surface area contributed by atoms with E-state index in [0.717, 1.165) is 65.4 Å². The van der Waals surface area contributed by atoms with Crippen LogP contribution < -0.4 is 25.8 Å². The number of fused-ring (bicyclic) bond motifs is 1. The van der Waals surface area contributed by atoms with Crippen LogP contribution in [-0.2, 0) is 23.2 Å². The fourth-order valence-corrected chi connectivity index (χ4v) is 8.29. The van der Waals surface area contributed by atoms with Crippen molar-refractivity contribution in [3.05, 3.63) is 96.3 Å². The average Bonchev–Trinajstić information content (AvgIpc) is 4.00. The molecule has 0 saturated carbocycles. The molecule has 3 aromatic carbocycles. The van der Waals surface area contributed by atoms with Gasteiger partial charge in [-0.3, -0.25) is 24.3 Å². The molecular formula is C43H49FN12O3S. The Morgan fingerprint density at radius 1 is 1.18 bits per heavy atom. The second kappa shape index (κ2) is 19.2. The van der Waals surface area contributed by atoms with Crippen LogP contribution in [0.4, 0.5) is 21.6 Å². The number of hydrogen-bond acceptors (Lipinski definition) is 11. The summed E-state index contributed by atoms with van der Waals surface area (Å²) in [6.07, 6.45) is 7.54. The minimum absolute atomic E-state index is 0.125. The zero-order valence-corrected chi connectivity index (χ0v) is 35.0. The number of nitrogens with zero attached hydrogens (tertiary/aromatic N) is 9. The Morgan fingerprint density at radius 2 is 2.03 bits per heavy atom. The van der Waals surface area contributed by atoms with Gasteiger partial charge in [0.2, 0.25) is 17.8 Å². The topological polar surface area (TPSA) is 163 Å². The number of aromatic amines is 1. The summed E-state index contributed by atoms with van der Waals surface area (Å²) in [4.78, 5) is 38.8. The maximum Gasteiger partial charge on any atom is 0.227 e. The molecule has 0 spiro atoms. The van der Waals surface area contributed by atoms with Gasteiger partial charge >= 0.3 is 0 Å². The van der Waals surface area contributed by atoms with Gasteiger partial charge in [0.05, 0.1) is 17.8 Å². The number of carbonyl (C=O) groups is 2. The van der Waals surface area contributed by atoms with Crippen LogP contribution in [0.5, 0.6) is 5.75 Å². The van der Waals surface area contributed by atoms with Gasteiger partial charge in [-0.1, -0.05) is 23.9 Å². The molecule has 7 rings (SSSR count). The van der Waals surface area contributed by atoms with Crippen molar-refractivity contribution in [2.45, 2.75) is 68.5 Å². The van der Waals surface area contributed by atoms with E-state index in [1.165, 1.54) is 34.4 Å². The molecule has 1 aliphatic heterocycles. The van der Waals surface area contributed by atoms with E-state index < -0.39 is 5.82 Å². The maximum atomic E-state index is 15.8. The Bertz CT molecular complexity index is 2540. The van der Waals surface area contributed by atoms with Gasteiger partial charge in [0.25, 0.3) is 0 Å². The van der Waals surface area contributed by atoms with E-state index in [1.54, 1.807) is 23.1 Å². The zero-order chi connectivity index (χ0) is 42.2. The summed E-state index contributed by atoms with van der Waals surface area (Å²) >= 11 is 1.50. The number of carbonyl (C=O) groups excluding carboxylic acids is 2. The number of hydrogen-bond donors (Lipinski definition) is 3. The molecule has 0 bridgehead atoms. The Morgan fingerprint density at radius 3 is 2.78 bits per heavy atom. The molecule has 4 heterocycles. The number of nitrogens with one attached hydrogen (secondary N) is 3. The van der Waals surface area contributed by atoms with E-state index in [9.17, 15) is 9.59 Å². The van der Waals surface area contributed by atoms with Gasteiger partial charge in [0.15, 0.2) is 11.6 Å². The standard InChI is InChI=1S/C43H49FN12O3S/c1-6-54(31-12-14-35-38(20-31)53(5)52-42(35)51-39(58)16-17-46-27-57)25-32-10-8-18-55(32)24-29-9-7-11-33(19-29)60-34-13-15-37(36(44)21-34)50-43-41(59-28(2)3)40(30-22-48-49-23-30)47-26-56(43)45-4/h7,9,11-15,19-23,26-28,32H,4,6,8,10,16-18,24-25H2,1-3,5H3,(H,46,57)(H,48,49)(H,51,52,58). The van der Waals surface area contributed by atoms with Gasteiger partial charge in [0, 0.05) is 85.0 Å². The second-order valence-corrected chi connectivity index (χ2v) is 15.9. The summed E-state index contributed by atoms with van der Waals surface area (Å²) in [7, 11) is 1.87. The van der Waals surface area contributed by atoms with Crippen molar-refractivity contribution in [3.63, 3.8) is 0 Å². The first-order valence-corrected chi connectivity index (χ1v) is 20.7. The molecule has 2 amide bonds. The third-order valence-corrected chi connectivity index (χ3v) is 11.2. The number of likely N-dealkylation sites (tertiary alicyclic amines) is 1. The Balaban J connectivity index is 1.03. The minimum Gasteiger partial charge on any atom is -0.485 e. The molecular weight excluding hydrogens is 784 g/mol. The largest absolute Gasteiger partial charge is 0.485 e. The molecule has 1 fully saturated rings. The number of likely N-dealkylation sites (N-methyl/N-ethyl adjacent to an activating group) is 1. The maximum absolute atomic E-state index is 15.8. The summed E-state index contributed by atoms with van der Waals surface area (Å²) in [6.45, 7) is 13.4. The lowest BCUT2D eigenvalue weighted by atomic mass is 10.1. The Labute approximate surface area is 351 Å². The third kappa shape index (κ3) is 9.75. The SMILES string of the molecule is C=Nn1cnc(-c2cn[nH]c2)c(OC(C)C)c1=Nc1ccc(Sc2cccc(CN3CCCC3CN(CC)c3ccc4c(NC(=O)CCNC=O)nn(C)c4c3)c2)cc1F. The van der Waals surface area contributed by atoms with Gasteiger partial charge < -0.3 is 20.3 Å². The van der Waals surface area contributed by atoms with Crippen LogP contribution in [0, 0.1) is 5.82 Å². The summed E-state index contributed by atoms with van der Waals surface area (Å²) < 4.78 is 25.1. The first-order chi connectivity index (χ1) is 29.1. The molecule has 1 unspecified atom stereocenters. The highest BCUT2D eigenvalue weighted by Gasteiger charge is 2.27. The van der Waals surface area contributed by atoms with Gasteiger partial charge in [-0.15, -0.1) is 0 Å². The predicted octanol–water partition coefficient (Wildman–Crippen LogP) is 6.50. The normalized spacial score (nSPS) is 14.5. The van der Waals surface area contributed by atoms with Gasteiger partial charge in [-0.2, -0.15) is 15.3 Å². The van der Waals surface area contributed by atoms with Crippen LogP contribution in [-0.4, -0.2) is 91.9 Å². The van der Waals surface area contributed by atoms with Crippen LogP contribution in [0.3, 0.4) is 0 Å². The van der Waals surface area contributed by atoms with E-state index >= 15 is 4.39 Å². The average molecular weight is 833 g/mol. The Hall–Kier alpha value is -6.33. The molecule has 1 atom stereocenters. The van der Waals surface area contributed by atoms with Crippen LogP contribution >= 0.6 is 11.8 Å². The minimum atomic E-state index is -0.487. The lowest BCUT2D eigenvalue weighted by Gasteiger charge is -2.32. The first-order valence-electron chi connectivity index (χ1n) is 19.9. The summed E-state index contributed by atoms with van der Waals surface area (Å²) in [5, 5.41) is 21.7. The molecule has 1 aliphatic rings. The summed E-state index contributed by atoms with van der Waals surface area (Å²) in [5.74, 6) is 0.147. The molecule has 0 radical (unpaired) electrons. The smallest absolute Gasteiger partial charge is 0.227 e. The van der Waals surface area contributed by atoms with Crippen molar-refractivity contribution in [1.29, 1.82) is 0 Å². The number of anilines is 2. The fourth-order valence-electron chi connectivity index (χ4n) is 7.36. The molecule has 60 heavy (non-hydrogen) atoms. The van der Waals surface area contributed by atoms with Crippen LogP contribution in [0.15, 0.2) is 99.3 Å². The van der Waals surface area contributed by atoms with Crippen molar-refractivity contribution < 1.29 is 18.7 Å². The molecule has 1 saturated heterocycles. The fraction of sp³-hybridized carbons (Fsp3) is 0.326. The number of aryl methyl sites for hydroxylation is 1. The zero-order valence-electron chi connectivity index (χ0n) is 34.1. The Kier molecular flexibility index (Phi) is 13.4. The van der Waals surface area contributed by atoms with E-state index in [0.29, 0.717) is 35.3 Å². The highest BCUT2D eigenvalue weighted by atomic mass is 32.2. The van der Waals surface area contributed by atoms with Crippen LogP contribution in [0.25, 0.3) is 22.2 Å². The molecule has 312 valence electrons. The van der Waals surface area contributed by atoms with Crippen molar-refractivity contribution >= 4 is 58.9 Å². The lowest BCUT2D eigenvalue weighted by molar-refractivity contribution is -0.116. The highest BCUT2D eigenvalue weighted by Crippen LogP contribution is 2.34. The third-order valence-electron chi connectivity index (χ3n) is 10.2. The first kappa shape index (κ1) is 41.8. The quantitative estimate of drug-likeness (QED) is 0.0499. The van der Waals surface area contributed by atoms with Gasteiger partial charge in [-0.05, 0) is 94.3 Å². The van der Waals surface area contributed by atoms with E-state index in [1.807, 2.05) is 39.1 Å².